The van der Waals surface area contributed by atoms with Gasteiger partial charge in [0.1, 0.15) is 12.1 Å². The number of rotatable bonds is 4. The van der Waals surface area contributed by atoms with Gasteiger partial charge in [0.2, 0.25) is 0 Å². The number of fused-ring (bicyclic) bond motifs is 1. The van der Waals surface area contributed by atoms with E-state index in [4.69, 9.17) is 9.26 Å². The zero-order valence-electron chi connectivity index (χ0n) is 14.2. The fourth-order valence-corrected chi connectivity index (χ4v) is 3.56. The summed E-state index contributed by atoms with van der Waals surface area (Å²) in [5.74, 6) is 0.866. The van der Waals surface area contributed by atoms with E-state index < -0.39 is 0 Å². The molecular weight excluding hydrogens is 320 g/mol. The van der Waals surface area contributed by atoms with Crippen LogP contribution in [-0.2, 0) is 24.0 Å². The van der Waals surface area contributed by atoms with Crippen LogP contribution in [0, 0.1) is 0 Å². The lowest BCUT2D eigenvalue weighted by atomic mass is 9.96. The maximum Gasteiger partial charge on any atom is 0.276 e. The van der Waals surface area contributed by atoms with Crippen LogP contribution in [0.1, 0.15) is 46.8 Å². The molecule has 2 aromatic heterocycles. The topological polar surface area (TPSA) is 81.4 Å². The maximum absolute atomic E-state index is 12.9. The van der Waals surface area contributed by atoms with Crippen molar-refractivity contribution in [3.05, 3.63) is 41.3 Å². The number of aromatic nitrogens is 3. The molecule has 0 saturated carbocycles. The summed E-state index contributed by atoms with van der Waals surface area (Å²) in [6.07, 6.45) is 8.95. The number of ether oxygens (including phenoxy) is 1. The van der Waals surface area contributed by atoms with Crippen LogP contribution >= 0.6 is 0 Å². The lowest BCUT2D eigenvalue weighted by Crippen LogP contribution is -2.46. The van der Waals surface area contributed by atoms with Gasteiger partial charge < -0.3 is 14.2 Å². The van der Waals surface area contributed by atoms with Gasteiger partial charge >= 0.3 is 0 Å². The van der Waals surface area contributed by atoms with Crippen molar-refractivity contribution in [2.75, 3.05) is 19.7 Å². The zero-order valence-corrected chi connectivity index (χ0v) is 14.2. The van der Waals surface area contributed by atoms with E-state index in [1.165, 1.54) is 0 Å². The number of hydrogen-bond donors (Lipinski definition) is 0. The Hall–Kier alpha value is -2.28. The highest BCUT2D eigenvalue weighted by Gasteiger charge is 2.30. The van der Waals surface area contributed by atoms with E-state index in [2.05, 4.69) is 15.1 Å². The van der Waals surface area contributed by atoms with Crippen LogP contribution < -0.4 is 0 Å². The van der Waals surface area contributed by atoms with Crippen molar-refractivity contribution < 1.29 is 14.1 Å². The molecule has 1 fully saturated rings. The Morgan fingerprint density at radius 1 is 1.32 bits per heavy atom. The summed E-state index contributed by atoms with van der Waals surface area (Å²) >= 11 is 0. The van der Waals surface area contributed by atoms with E-state index in [9.17, 15) is 4.79 Å². The third kappa shape index (κ3) is 3.56. The van der Waals surface area contributed by atoms with E-state index in [-0.39, 0.29) is 12.0 Å². The Morgan fingerprint density at radius 3 is 3.12 bits per heavy atom. The predicted octanol–water partition coefficient (Wildman–Crippen LogP) is 1.82. The molecule has 0 radical (unpaired) electrons. The molecule has 1 saturated heterocycles. The molecule has 1 amide bonds. The summed E-state index contributed by atoms with van der Waals surface area (Å²) in [4.78, 5) is 22.9. The second kappa shape index (κ2) is 7.31. The highest BCUT2D eigenvalue weighted by molar-refractivity contribution is 5.94. The number of carbonyl (C=O) groups excluding carboxylic acids is 1. The Morgan fingerprint density at radius 2 is 2.24 bits per heavy atom. The van der Waals surface area contributed by atoms with Crippen LogP contribution in [0.15, 0.2) is 23.1 Å². The van der Waals surface area contributed by atoms with Crippen molar-refractivity contribution in [3.63, 3.8) is 0 Å². The number of amides is 1. The van der Waals surface area contributed by atoms with Gasteiger partial charge in [-0.05, 0) is 38.2 Å². The Kier molecular flexibility index (Phi) is 4.74. The fourth-order valence-electron chi connectivity index (χ4n) is 3.56. The molecule has 25 heavy (non-hydrogen) atoms. The van der Waals surface area contributed by atoms with Gasteiger partial charge in [0.25, 0.3) is 5.91 Å². The number of aryl methyl sites for hydroxylation is 2. The molecule has 2 aliphatic rings. The molecule has 132 valence electrons. The fraction of sp³-hybridized carbons (Fsp3) is 0.556. The number of hydrogen-bond acceptors (Lipinski definition) is 6. The average molecular weight is 342 g/mol. The van der Waals surface area contributed by atoms with Gasteiger partial charge in [-0.1, -0.05) is 5.16 Å². The molecule has 0 N–H and O–H groups in total. The van der Waals surface area contributed by atoms with Crippen molar-refractivity contribution in [3.8, 4) is 0 Å². The Labute approximate surface area is 146 Å². The zero-order chi connectivity index (χ0) is 17.1. The van der Waals surface area contributed by atoms with Crippen LogP contribution in [0.2, 0.25) is 0 Å². The van der Waals surface area contributed by atoms with Crippen LogP contribution in [0.25, 0.3) is 0 Å². The normalized spacial score (nSPS) is 20.3. The smallest absolute Gasteiger partial charge is 0.276 e. The Bertz CT molecular complexity index is 731. The van der Waals surface area contributed by atoms with Crippen LogP contribution in [0.3, 0.4) is 0 Å². The monoisotopic (exact) mass is 342 g/mol. The SMILES string of the molecule is O=C(c1noc2c1CCCC2)N1CCO[C@@H](CCc2ccncn2)C1. The van der Waals surface area contributed by atoms with Crippen LogP contribution in [0.4, 0.5) is 0 Å². The standard InChI is InChI=1S/C18H22N4O3/c23-18(17-15-3-1-2-4-16(15)25-21-17)22-9-10-24-14(11-22)6-5-13-7-8-19-12-20-13/h7-8,12,14H,1-6,9-11H2/t14-/m0/s1. The quantitative estimate of drug-likeness (QED) is 0.843. The Balaban J connectivity index is 1.39. The highest BCUT2D eigenvalue weighted by Crippen LogP contribution is 2.25. The first kappa shape index (κ1) is 16.2. The number of morpholine rings is 1. The largest absolute Gasteiger partial charge is 0.375 e. The van der Waals surface area contributed by atoms with Gasteiger partial charge in [-0.3, -0.25) is 4.79 Å². The summed E-state index contributed by atoms with van der Waals surface area (Å²) in [5.41, 5.74) is 2.51. The summed E-state index contributed by atoms with van der Waals surface area (Å²) in [6, 6.07) is 1.91. The molecule has 7 nitrogen and oxygen atoms in total. The third-order valence-electron chi connectivity index (χ3n) is 4.94. The molecule has 1 aliphatic carbocycles. The van der Waals surface area contributed by atoms with Gasteiger partial charge in [0.05, 0.1) is 12.7 Å². The molecule has 2 aromatic rings. The van der Waals surface area contributed by atoms with E-state index in [1.54, 1.807) is 12.5 Å². The second-order valence-electron chi connectivity index (χ2n) is 6.62. The lowest BCUT2D eigenvalue weighted by molar-refractivity contribution is -0.0250. The minimum Gasteiger partial charge on any atom is -0.375 e. The molecule has 1 atom stereocenters. The lowest BCUT2D eigenvalue weighted by Gasteiger charge is -2.32. The summed E-state index contributed by atoms with van der Waals surface area (Å²) < 4.78 is 11.2. The van der Waals surface area contributed by atoms with Gasteiger partial charge in [-0.2, -0.15) is 0 Å². The van der Waals surface area contributed by atoms with Crippen molar-refractivity contribution >= 4 is 5.91 Å². The first-order chi connectivity index (χ1) is 12.3. The molecular formula is C18H22N4O3. The molecule has 0 unspecified atom stereocenters. The van der Waals surface area contributed by atoms with E-state index >= 15 is 0 Å². The molecule has 7 heteroatoms. The maximum atomic E-state index is 12.9. The molecule has 0 aromatic carbocycles. The summed E-state index contributed by atoms with van der Waals surface area (Å²) in [5, 5.41) is 4.07. The van der Waals surface area contributed by atoms with E-state index in [1.807, 2.05) is 11.0 Å². The second-order valence-corrected chi connectivity index (χ2v) is 6.62. The molecule has 4 rings (SSSR count). The van der Waals surface area contributed by atoms with E-state index in [0.717, 1.165) is 55.5 Å². The van der Waals surface area contributed by atoms with Crippen molar-refractivity contribution in [2.45, 2.75) is 44.6 Å². The van der Waals surface area contributed by atoms with Gasteiger partial charge in [0.15, 0.2) is 5.69 Å². The van der Waals surface area contributed by atoms with E-state index in [0.29, 0.717) is 25.4 Å². The number of nitrogens with zero attached hydrogens (tertiary/aromatic N) is 4. The first-order valence-corrected chi connectivity index (χ1v) is 8.94. The number of carbonyl (C=O) groups is 1. The van der Waals surface area contributed by atoms with Crippen molar-refractivity contribution in [1.29, 1.82) is 0 Å². The van der Waals surface area contributed by atoms with Gasteiger partial charge in [0, 0.05) is 37.0 Å². The molecule has 0 spiro atoms. The average Bonchev–Trinajstić information content (AvgIpc) is 3.11. The minimum atomic E-state index is -0.0257. The van der Waals surface area contributed by atoms with Gasteiger partial charge in [-0.15, -0.1) is 0 Å². The third-order valence-corrected chi connectivity index (χ3v) is 4.94. The first-order valence-electron chi connectivity index (χ1n) is 8.94. The van der Waals surface area contributed by atoms with Crippen molar-refractivity contribution in [2.24, 2.45) is 0 Å². The molecule has 0 bridgehead atoms. The summed E-state index contributed by atoms with van der Waals surface area (Å²) in [7, 11) is 0. The summed E-state index contributed by atoms with van der Waals surface area (Å²) in [6.45, 7) is 1.75. The minimum absolute atomic E-state index is 0.0235. The van der Waals surface area contributed by atoms with Crippen LogP contribution in [-0.4, -0.2) is 51.7 Å². The predicted molar refractivity (Wildman–Crippen MR) is 89.1 cm³/mol. The molecule has 1 aliphatic heterocycles. The van der Waals surface area contributed by atoms with Crippen LogP contribution in [0.5, 0.6) is 0 Å². The van der Waals surface area contributed by atoms with Crippen molar-refractivity contribution in [1.82, 2.24) is 20.0 Å². The molecule has 3 heterocycles. The van der Waals surface area contributed by atoms with Gasteiger partial charge in [-0.25, -0.2) is 9.97 Å². The highest BCUT2D eigenvalue weighted by atomic mass is 16.5.